The van der Waals surface area contributed by atoms with Gasteiger partial charge < -0.3 is 35.4 Å². The van der Waals surface area contributed by atoms with Crippen molar-refractivity contribution in [2.24, 2.45) is 0 Å². The van der Waals surface area contributed by atoms with E-state index in [9.17, 15) is 29.4 Å². The molecule has 0 saturated heterocycles. The highest BCUT2D eigenvalue weighted by Crippen LogP contribution is 2.42. The van der Waals surface area contributed by atoms with Crippen molar-refractivity contribution in [3.05, 3.63) is 112 Å². The predicted octanol–water partition coefficient (Wildman–Crippen LogP) is 6.06. The second kappa shape index (κ2) is 15.5. The lowest BCUT2D eigenvalue weighted by molar-refractivity contribution is -0.118. The maximum absolute atomic E-state index is 12.8. The molecule has 3 aromatic carbocycles. The monoisotopic (exact) mass is 744 g/mol. The number of hydrogen-bond acceptors (Lipinski definition) is 12. The molecule has 0 spiro atoms. The van der Waals surface area contributed by atoms with Crippen LogP contribution in [0.25, 0.3) is 44.6 Å². The van der Waals surface area contributed by atoms with Crippen LogP contribution in [0.1, 0.15) is 34.3 Å². The lowest BCUT2D eigenvalue weighted by atomic mass is 9.90. The van der Waals surface area contributed by atoms with E-state index >= 15 is 0 Å². The van der Waals surface area contributed by atoms with Gasteiger partial charge in [0.2, 0.25) is 17.7 Å². The van der Waals surface area contributed by atoms with Crippen LogP contribution >= 0.6 is 11.8 Å². The van der Waals surface area contributed by atoms with Gasteiger partial charge in [-0.2, -0.15) is 21.7 Å². The summed E-state index contributed by atoms with van der Waals surface area (Å²) >= 11 is 1.31. The molecule has 0 saturated carbocycles. The number of nitrogen functional groups attached to an aromatic ring is 1. The number of imidazole rings is 1. The first-order valence-electron chi connectivity index (χ1n) is 16.7. The molecule has 1 aliphatic heterocycles. The molecule has 0 radical (unpaired) electrons. The minimum absolute atomic E-state index is 0.0531. The van der Waals surface area contributed by atoms with Crippen LogP contribution in [0.2, 0.25) is 0 Å². The van der Waals surface area contributed by atoms with Crippen LogP contribution in [-0.2, 0) is 22.6 Å². The molecule has 54 heavy (non-hydrogen) atoms. The topological polar surface area (TPSA) is 224 Å². The summed E-state index contributed by atoms with van der Waals surface area (Å²) in [7, 11) is 0. The minimum Gasteiger partial charge on any atom is -0.508 e. The van der Waals surface area contributed by atoms with Crippen LogP contribution in [0, 0.1) is 0 Å². The van der Waals surface area contributed by atoms with Gasteiger partial charge in [0, 0.05) is 52.9 Å². The van der Waals surface area contributed by atoms with Gasteiger partial charge in [0.25, 0.3) is 0 Å². The van der Waals surface area contributed by atoms with E-state index < -0.39 is 5.97 Å². The van der Waals surface area contributed by atoms with Gasteiger partial charge in [-0.15, -0.1) is 0 Å². The van der Waals surface area contributed by atoms with Gasteiger partial charge in [0.1, 0.15) is 35.0 Å². The molecule has 14 nitrogen and oxygen atoms in total. The van der Waals surface area contributed by atoms with Crippen molar-refractivity contribution in [1.82, 2.24) is 19.9 Å². The van der Waals surface area contributed by atoms with Crippen molar-refractivity contribution < 1.29 is 33.8 Å². The molecule has 272 valence electrons. The highest BCUT2D eigenvalue weighted by molar-refractivity contribution is 7.99. The van der Waals surface area contributed by atoms with Crippen molar-refractivity contribution in [3.63, 3.8) is 0 Å². The summed E-state index contributed by atoms with van der Waals surface area (Å²) < 4.78 is 11.7. The summed E-state index contributed by atoms with van der Waals surface area (Å²) in [6.45, 7) is 0.262. The van der Waals surface area contributed by atoms with Crippen LogP contribution in [0.5, 0.6) is 11.6 Å². The molecule has 15 heteroatoms. The minimum atomic E-state index is -1.22. The number of ether oxygens (including phenoxy) is 1. The van der Waals surface area contributed by atoms with Crippen molar-refractivity contribution >= 4 is 63.2 Å². The van der Waals surface area contributed by atoms with E-state index in [1.54, 1.807) is 24.3 Å². The number of rotatable bonds is 14. The fraction of sp³-hybridized carbons (Fsp3) is 0.154. The van der Waals surface area contributed by atoms with Crippen LogP contribution < -0.4 is 21.2 Å². The Labute approximate surface area is 310 Å². The Bertz CT molecular complexity index is 2570. The second-order valence-corrected chi connectivity index (χ2v) is 13.5. The number of fused-ring (bicyclic) bond motifs is 3. The number of carbonyl (C=O) groups excluding carboxylic acids is 2. The fourth-order valence-corrected chi connectivity index (χ4v) is 6.78. The SMILES string of the molecule is Nc1nc(OCc2ccc(CCC(=O)CCSCC(=O)Nc3ccc(-c4c5ccc(=O)cc-5oc5cc(O)ccc45)c(C(=O)O)c3)cc2)c2[nH]cnc2n1. The molecule has 0 fully saturated rings. The normalized spacial score (nSPS) is 11.3. The Morgan fingerprint density at radius 1 is 0.926 bits per heavy atom. The maximum Gasteiger partial charge on any atom is 0.336 e. The summed E-state index contributed by atoms with van der Waals surface area (Å²) in [5, 5.41) is 23.5. The number of amides is 1. The molecule has 6 N–H and O–H groups in total. The lowest BCUT2D eigenvalue weighted by Gasteiger charge is -2.17. The first-order chi connectivity index (χ1) is 26.1. The highest BCUT2D eigenvalue weighted by atomic mass is 32.2. The average Bonchev–Trinajstić information content (AvgIpc) is 3.63. The first kappa shape index (κ1) is 35.7. The summed E-state index contributed by atoms with van der Waals surface area (Å²) in [6.07, 6.45) is 2.75. The van der Waals surface area contributed by atoms with Crippen LogP contribution in [0.15, 0.2) is 94.4 Å². The van der Waals surface area contributed by atoms with E-state index in [0.717, 1.165) is 11.1 Å². The molecular formula is C39H32N6O8S. The molecule has 7 rings (SSSR count). The number of ketones is 1. The summed E-state index contributed by atoms with van der Waals surface area (Å²) in [5.41, 5.74) is 10.2. The Kier molecular flexibility index (Phi) is 10.2. The molecule has 2 aromatic heterocycles. The number of carboxylic acids is 1. The number of aromatic nitrogens is 4. The largest absolute Gasteiger partial charge is 0.508 e. The highest BCUT2D eigenvalue weighted by Gasteiger charge is 2.23. The van der Waals surface area contributed by atoms with Gasteiger partial charge in [-0.1, -0.05) is 30.3 Å². The second-order valence-electron chi connectivity index (χ2n) is 12.4. The Morgan fingerprint density at radius 3 is 2.54 bits per heavy atom. The quantitative estimate of drug-likeness (QED) is 0.0632. The van der Waals surface area contributed by atoms with Crippen molar-refractivity contribution in [2.45, 2.75) is 25.9 Å². The lowest BCUT2D eigenvalue weighted by Crippen LogP contribution is -2.15. The third kappa shape index (κ3) is 8.00. The van der Waals surface area contributed by atoms with Gasteiger partial charge in [-0.25, -0.2) is 9.78 Å². The number of phenols is 1. The Hall–Kier alpha value is -6.74. The van der Waals surface area contributed by atoms with Gasteiger partial charge in [-0.05, 0) is 59.5 Å². The average molecular weight is 745 g/mol. The van der Waals surface area contributed by atoms with E-state index in [1.165, 1.54) is 48.4 Å². The first-order valence-corrected chi connectivity index (χ1v) is 17.9. The number of Topliss-reactive ketones (excluding diaryl/α,β-unsaturated/α-hetero) is 1. The van der Waals surface area contributed by atoms with Crippen molar-refractivity contribution in [3.8, 4) is 34.1 Å². The molecule has 1 aliphatic carbocycles. The number of aryl methyl sites for hydroxylation is 1. The zero-order valence-corrected chi connectivity index (χ0v) is 29.3. The number of hydrogen-bond donors (Lipinski definition) is 5. The van der Waals surface area contributed by atoms with Crippen LogP contribution in [0.3, 0.4) is 0 Å². The number of nitrogens with two attached hydrogens (primary N) is 1. The van der Waals surface area contributed by atoms with Crippen LogP contribution in [0.4, 0.5) is 11.6 Å². The van der Waals surface area contributed by atoms with Gasteiger partial charge in [-0.3, -0.25) is 14.4 Å². The number of nitrogens with zero attached hydrogens (tertiary/aromatic N) is 3. The number of nitrogens with one attached hydrogen (secondary N) is 2. The van der Waals surface area contributed by atoms with Gasteiger partial charge >= 0.3 is 5.97 Å². The zero-order chi connectivity index (χ0) is 37.8. The number of carbonyl (C=O) groups is 3. The van der Waals surface area contributed by atoms with Gasteiger partial charge in [0.15, 0.2) is 11.1 Å². The van der Waals surface area contributed by atoms with E-state index in [2.05, 4.69) is 25.3 Å². The number of thioether (sulfide) groups is 1. The number of H-pyrrole nitrogens is 1. The third-order valence-corrected chi connectivity index (χ3v) is 9.56. The smallest absolute Gasteiger partial charge is 0.336 e. The number of aromatic hydroxyl groups is 1. The van der Waals surface area contributed by atoms with E-state index in [0.29, 0.717) is 64.1 Å². The Balaban J connectivity index is 0.901. The summed E-state index contributed by atoms with van der Waals surface area (Å²) in [5.74, 6) is -0.383. The molecule has 0 unspecified atom stereocenters. The summed E-state index contributed by atoms with van der Waals surface area (Å²) in [4.78, 5) is 65.1. The molecule has 3 heterocycles. The molecular weight excluding hydrogens is 713 g/mol. The number of carboxylic acid groups (broad SMARTS) is 1. The standard InChI is InChI=1S/C39H32N6O8S/c40-39-44-36-35(41-20-42-36)37(45-39)52-18-22-3-1-21(2-4-22)5-7-24(46)13-14-54-19-33(49)43-23-6-10-27(30(15-23)38(50)51)34-28-11-8-25(47)16-31(28)53-32-17-26(48)9-12-29(32)34/h1-4,6,8-12,15-17,20,47H,5,7,13-14,18-19H2,(H,43,49)(H,50,51)(H3,40,41,42,44,45). The number of anilines is 2. The van der Waals surface area contributed by atoms with Crippen molar-refractivity contribution in [1.29, 1.82) is 0 Å². The molecule has 0 bridgehead atoms. The Morgan fingerprint density at radius 2 is 1.72 bits per heavy atom. The maximum atomic E-state index is 12.8. The van der Waals surface area contributed by atoms with E-state index in [-0.39, 0.29) is 63.8 Å². The zero-order valence-electron chi connectivity index (χ0n) is 28.5. The number of aromatic carboxylic acids is 1. The van der Waals surface area contributed by atoms with E-state index in [4.69, 9.17) is 14.9 Å². The molecule has 5 aromatic rings. The fourth-order valence-electron chi connectivity index (χ4n) is 6.00. The predicted molar refractivity (Wildman–Crippen MR) is 204 cm³/mol. The molecule has 1 amide bonds. The van der Waals surface area contributed by atoms with Gasteiger partial charge in [0.05, 0.1) is 17.6 Å². The van der Waals surface area contributed by atoms with Crippen molar-refractivity contribution in [2.75, 3.05) is 22.6 Å². The molecule has 0 atom stereocenters. The number of phenolic OH excluding ortho intramolecular Hbond substituents is 1. The number of benzene rings is 4. The number of aromatic amines is 1. The van der Waals surface area contributed by atoms with E-state index in [1.807, 2.05) is 24.3 Å². The summed E-state index contributed by atoms with van der Waals surface area (Å²) in [6, 6.07) is 21.0. The molecule has 2 aliphatic rings. The van der Waals surface area contributed by atoms with Crippen LogP contribution in [-0.4, -0.2) is 59.3 Å². The third-order valence-electron chi connectivity index (χ3n) is 8.60.